The maximum atomic E-state index is 6.17. The molecule has 15 heavy (non-hydrogen) atoms. The summed E-state index contributed by atoms with van der Waals surface area (Å²) in [5, 5.41) is 0.256. The zero-order chi connectivity index (χ0) is 10.3. The topological polar surface area (TPSA) is 27.1 Å². The van der Waals surface area contributed by atoms with Crippen LogP contribution < -0.4 is 0 Å². The Hall–Kier alpha value is -0.540. The molecule has 1 aromatic heterocycles. The molecule has 2 fully saturated rings. The zero-order valence-electron chi connectivity index (χ0n) is 8.60. The smallest absolute Gasteiger partial charge is 0.100 e. The van der Waals surface area contributed by atoms with E-state index in [9.17, 15) is 0 Å². The summed E-state index contributed by atoms with van der Waals surface area (Å²) in [7, 11) is 0. The van der Waals surface area contributed by atoms with Crippen molar-refractivity contribution in [2.45, 2.75) is 43.2 Å². The molecule has 0 spiro atoms. The highest BCUT2D eigenvalue weighted by molar-refractivity contribution is 6.20. The third-order valence-corrected chi connectivity index (χ3v) is 3.58. The molecule has 0 amide bonds. The van der Waals surface area contributed by atoms with Crippen molar-refractivity contribution in [3.63, 3.8) is 0 Å². The summed E-state index contributed by atoms with van der Waals surface area (Å²) in [4.78, 5) is 4.22. The molecule has 0 radical (unpaired) electrons. The first-order chi connectivity index (χ1) is 7.34. The van der Waals surface area contributed by atoms with E-state index in [-0.39, 0.29) is 11.5 Å². The molecule has 1 saturated heterocycles. The Morgan fingerprint density at radius 3 is 3.00 bits per heavy atom. The number of halogens is 1. The predicted octanol–water partition coefficient (Wildman–Crippen LogP) is 2.68. The van der Waals surface area contributed by atoms with Gasteiger partial charge in [0.25, 0.3) is 0 Å². The van der Waals surface area contributed by atoms with Crippen LogP contribution in [0.15, 0.2) is 12.5 Å². The Kier molecular flexibility index (Phi) is 2.45. The van der Waals surface area contributed by atoms with Crippen molar-refractivity contribution >= 4 is 11.6 Å². The van der Waals surface area contributed by atoms with Crippen LogP contribution in [0.3, 0.4) is 0 Å². The number of aromatic nitrogens is 2. The Morgan fingerprint density at radius 1 is 1.40 bits per heavy atom. The average molecular weight is 227 g/mol. The van der Waals surface area contributed by atoms with E-state index in [2.05, 4.69) is 9.55 Å². The van der Waals surface area contributed by atoms with Crippen LogP contribution >= 0.6 is 11.6 Å². The summed E-state index contributed by atoms with van der Waals surface area (Å²) in [5.41, 5.74) is 1.21. The lowest BCUT2D eigenvalue weighted by atomic mass is 10.1. The van der Waals surface area contributed by atoms with Gasteiger partial charge in [-0.3, -0.25) is 0 Å². The Balaban J connectivity index is 1.81. The maximum Gasteiger partial charge on any atom is 0.100 e. The van der Waals surface area contributed by atoms with Crippen LogP contribution in [-0.4, -0.2) is 21.5 Å². The van der Waals surface area contributed by atoms with Crippen molar-refractivity contribution in [2.75, 3.05) is 6.61 Å². The molecular formula is C11H15ClN2O. The molecule has 2 aliphatic rings. The number of hydrogen-bond acceptors (Lipinski definition) is 2. The van der Waals surface area contributed by atoms with Gasteiger partial charge in [0, 0.05) is 18.0 Å². The van der Waals surface area contributed by atoms with Gasteiger partial charge in [-0.2, -0.15) is 0 Å². The van der Waals surface area contributed by atoms with E-state index < -0.39 is 0 Å². The highest BCUT2D eigenvalue weighted by atomic mass is 35.5. The third kappa shape index (κ3) is 1.91. The fourth-order valence-electron chi connectivity index (χ4n) is 2.18. The van der Waals surface area contributed by atoms with E-state index in [0.717, 1.165) is 19.4 Å². The van der Waals surface area contributed by atoms with Crippen molar-refractivity contribution in [2.24, 2.45) is 0 Å². The van der Waals surface area contributed by atoms with Gasteiger partial charge in [-0.1, -0.05) is 0 Å². The number of imidazole rings is 1. The van der Waals surface area contributed by atoms with Gasteiger partial charge in [0.2, 0.25) is 0 Å². The lowest BCUT2D eigenvalue weighted by Gasteiger charge is -2.26. The van der Waals surface area contributed by atoms with Crippen molar-refractivity contribution in [3.05, 3.63) is 18.2 Å². The van der Waals surface area contributed by atoms with Gasteiger partial charge in [0.05, 0.1) is 18.2 Å². The standard InChI is InChI=1S/C11H15ClN2O/c12-8-3-4-15-11(5-8)10-6-13-7-14(10)9-1-2-9/h6-9,11H,1-5H2. The first kappa shape index (κ1) is 9.67. The Morgan fingerprint density at radius 2 is 2.27 bits per heavy atom. The molecule has 0 N–H and O–H groups in total. The molecule has 2 unspecified atom stereocenters. The molecule has 4 heteroatoms. The molecule has 82 valence electrons. The summed E-state index contributed by atoms with van der Waals surface area (Å²) in [5.74, 6) is 0. The maximum absolute atomic E-state index is 6.17. The number of nitrogens with zero attached hydrogens (tertiary/aromatic N) is 2. The largest absolute Gasteiger partial charge is 0.372 e. The highest BCUT2D eigenvalue weighted by Gasteiger charge is 2.30. The second-order valence-corrected chi connectivity index (χ2v) is 5.06. The number of alkyl halides is 1. The SMILES string of the molecule is ClC1CCOC(c2cncn2C2CC2)C1. The molecule has 0 aromatic carbocycles. The van der Waals surface area contributed by atoms with Crippen molar-refractivity contribution in [1.82, 2.24) is 9.55 Å². The first-order valence-corrected chi connectivity index (χ1v) is 6.05. The lowest BCUT2D eigenvalue weighted by molar-refractivity contribution is 0.0120. The molecule has 3 nitrogen and oxygen atoms in total. The molecule has 1 aromatic rings. The molecule has 0 bridgehead atoms. The van der Waals surface area contributed by atoms with E-state index in [4.69, 9.17) is 16.3 Å². The minimum Gasteiger partial charge on any atom is -0.372 e. The van der Waals surface area contributed by atoms with E-state index in [1.54, 1.807) is 0 Å². The molecule has 1 aliphatic heterocycles. The van der Waals surface area contributed by atoms with Crippen LogP contribution in [0.1, 0.15) is 43.5 Å². The normalized spacial score (nSPS) is 31.8. The number of hydrogen-bond donors (Lipinski definition) is 0. The minimum absolute atomic E-state index is 0.157. The van der Waals surface area contributed by atoms with Gasteiger partial charge in [0.1, 0.15) is 6.10 Å². The predicted molar refractivity (Wildman–Crippen MR) is 58.1 cm³/mol. The van der Waals surface area contributed by atoms with Crippen LogP contribution in [0.25, 0.3) is 0 Å². The van der Waals surface area contributed by atoms with Gasteiger partial charge < -0.3 is 9.30 Å². The van der Waals surface area contributed by atoms with Crippen LogP contribution in [0, 0.1) is 0 Å². The summed E-state index contributed by atoms with van der Waals surface area (Å²) in [6.07, 6.45) is 8.45. The summed E-state index contributed by atoms with van der Waals surface area (Å²) >= 11 is 6.17. The van der Waals surface area contributed by atoms with Crippen molar-refractivity contribution < 1.29 is 4.74 Å². The van der Waals surface area contributed by atoms with Crippen molar-refractivity contribution in [3.8, 4) is 0 Å². The van der Waals surface area contributed by atoms with Gasteiger partial charge in [-0.15, -0.1) is 11.6 Å². The molecular weight excluding hydrogens is 212 g/mol. The van der Waals surface area contributed by atoms with Gasteiger partial charge >= 0.3 is 0 Å². The molecule has 3 rings (SSSR count). The van der Waals surface area contributed by atoms with E-state index in [1.165, 1.54) is 18.5 Å². The second kappa shape index (κ2) is 3.80. The Labute approximate surface area is 94.4 Å². The molecule has 1 aliphatic carbocycles. The summed E-state index contributed by atoms with van der Waals surface area (Å²) < 4.78 is 8.03. The number of rotatable bonds is 2. The minimum atomic E-state index is 0.157. The fraction of sp³-hybridized carbons (Fsp3) is 0.727. The average Bonchev–Trinajstić information content (AvgIpc) is 2.96. The van der Waals surface area contributed by atoms with Crippen LogP contribution in [0.5, 0.6) is 0 Å². The van der Waals surface area contributed by atoms with Crippen molar-refractivity contribution in [1.29, 1.82) is 0 Å². The van der Waals surface area contributed by atoms with E-state index in [0.29, 0.717) is 6.04 Å². The van der Waals surface area contributed by atoms with Crippen LogP contribution in [-0.2, 0) is 4.74 Å². The summed E-state index contributed by atoms with van der Waals surface area (Å²) in [6.45, 7) is 0.773. The monoisotopic (exact) mass is 226 g/mol. The number of ether oxygens (including phenoxy) is 1. The lowest BCUT2D eigenvalue weighted by Crippen LogP contribution is -2.21. The second-order valence-electron chi connectivity index (χ2n) is 4.44. The van der Waals surface area contributed by atoms with Crippen LogP contribution in [0.4, 0.5) is 0 Å². The fourth-order valence-corrected chi connectivity index (χ4v) is 2.44. The van der Waals surface area contributed by atoms with Gasteiger partial charge in [-0.05, 0) is 25.7 Å². The van der Waals surface area contributed by atoms with E-state index in [1.807, 2.05) is 12.5 Å². The van der Waals surface area contributed by atoms with Gasteiger partial charge in [-0.25, -0.2) is 4.98 Å². The Bertz CT molecular complexity index is 348. The molecule has 2 atom stereocenters. The quantitative estimate of drug-likeness (QED) is 0.725. The zero-order valence-corrected chi connectivity index (χ0v) is 9.36. The molecule has 2 heterocycles. The van der Waals surface area contributed by atoms with Gasteiger partial charge in [0.15, 0.2) is 0 Å². The first-order valence-electron chi connectivity index (χ1n) is 5.62. The van der Waals surface area contributed by atoms with Crippen LogP contribution in [0.2, 0.25) is 0 Å². The molecule has 1 saturated carbocycles. The van der Waals surface area contributed by atoms with E-state index >= 15 is 0 Å². The summed E-state index contributed by atoms with van der Waals surface area (Å²) in [6, 6.07) is 0.668. The third-order valence-electron chi connectivity index (χ3n) is 3.19. The highest BCUT2D eigenvalue weighted by Crippen LogP contribution is 2.39.